The average molecular weight is 271 g/mol. The van der Waals surface area contributed by atoms with Crippen LogP contribution in [0.5, 0.6) is 0 Å². The van der Waals surface area contributed by atoms with Crippen LogP contribution in [0, 0.1) is 0 Å². The first-order valence-corrected chi connectivity index (χ1v) is 5.88. The van der Waals surface area contributed by atoms with Crippen molar-refractivity contribution in [2.45, 2.75) is 0 Å². The van der Waals surface area contributed by atoms with Crippen molar-refractivity contribution in [2.24, 2.45) is 0 Å². The molecule has 0 amide bonds. The summed E-state index contributed by atoms with van der Waals surface area (Å²) in [5.74, 6) is -0.830. The van der Waals surface area contributed by atoms with E-state index in [1.807, 2.05) is 0 Å². The Bertz CT molecular complexity index is 635. The number of esters is 2. The number of aromatic nitrogens is 1. The normalized spacial score (nSPS) is 9.90. The molecule has 0 saturated heterocycles. The number of benzene rings is 1. The second kappa shape index (κ2) is 5.97. The molecule has 2 rings (SSSR count). The monoisotopic (exact) mass is 271 g/mol. The molecule has 0 aliphatic heterocycles. The first-order valence-electron chi connectivity index (χ1n) is 5.88. The molecule has 0 unspecified atom stereocenters. The number of hydrogen-bond acceptors (Lipinski definition) is 5. The lowest BCUT2D eigenvalue weighted by Crippen LogP contribution is -2.02. The van der Waals surface area contributed by atoms with Gasteiger partial charge in [-0.3, -0.25) is 4.98 Å². The SMILES string of the molecule is COC(=O)c1ccc(-c2cncc(C(=O)OC)c2)cc1. The quantitative estimate of drug-likeness (QED) is 0.801. The van der Waals surface area contributed by atoms with Crippen molar-refractivity contribution in [3.8, 4) is 11.1 Å². The van der Waals surface area contributed by atoms with Gasteiger partial charge in [0.2, 0.25) is 0 Å². The lowest BCUT2D eigenvalue weighted by molar-refractivity contribution is 0.0591. The minimum atomic E-state index is -0.439. The van der Waals surface area contributed by atoms with Crippen LogP contribution in [0.3, 0.4) is 0 Å². The number of nitrogens with zero attached hydrogens (tertiary/aromatic N) is 1. The molecule has 5 nitrogen and oxygen atoms in total. The summed E-state index contributed by atoms with van der Waals surface area (Å²) in [6.07, 6.45) is 3.08. The number of carbonyl (C=O) groups is 2. The summed E-state index contributed by atoms with van der Waals surface area (Å²) in [6, 6.07) is 8.54. The molecule has 0 aliphatic carbocycles. The number of ether oxygens (including phenoxy) is 2. The standard InChI is InChI=1S/C15H13NO4/c1-19-14(17)11-5-3-10(4-6-11)12-7-13(9-16-8-12)15(18)20-2/h3-9H,1-2H3. The topological polar surface area (TPSA) is 65.5 Å². The van der Waals surface area contributed by atoms with Crippen molar-refractivity contribution >= 4 is 11.9 Å². The van der Waals surface area contributed by atoms with Gasteiger partial charge in [-0.15, -0.1) is 0 Å². The van der Waals surface area contributed by atoms with Crippen LogP contribution in [0.25, 0.3) is 11.1 Å². The Morgan fingerprint density at radius 3 is 2.05 bits per heavy atom. The minimum Gasteiger partial charge on any atom is -0.465 e. The second-order valence-corrected chi connectivity index (χ2v) is 4.02. The Hall–Kier alpha value is -2.69. The molecular weight excluding hydrogens is 258 g/mol. The Kier molecular flexibility index (Phi) is 4.10. The maximum atomic E-state index is 11.5. The van der Waals surface area contributed by atoms with E-state index >= 15 is 0 Å². The zero-order valence-corrected chi connectivity index (χ0v) is 11.1. The third kappa shape index (κ3) is 2.83. The molecule has 0 aliphatic rings. The molecule has 1 heterocycles. The van der Waals surface area contributed by atoms with E-state index in [9.17, 15) is 9.59 Å². The van der Waals surface area contributed by atoms with E-state index in [2.05, 4.69) is 14.5 Å². The first-order chi connectivity index (χ1) is 9.65. The number of rotatable bonds is 3. The van der Waals surface area contributed by atoms with Crippen LogP contribution in [0.4, 0.5) is 0 Å². The highest BCUT2D eigenvalue weighted by Crippen LogP contribution is 2.20. The summed E-state index contributed by atoms with van der Waals surface area (Å²) >= 11 is 0. The van der Waals surface area contributed by atoms with Crippen molar-refractivity contribution in [1.29, 1.82) is 0 Å². The molecule has 0 atom stereocenters. The third-order valence-corrected chi connectivity index (χ3v) is 2.80. The van der Waals surface area contributed by atoms with E-state index in [4.69, 9.17) is 0 Å². The fourth-order valence-electron chi connectivity index (χ4n) is 1.74. The Morgan fingerprint density at radius 2 is 1.45 bits per heavy atom. The highest BCUT2D eigenvalue weighted by atomic mass is 16.5. The molecule has 20 heavy (non-hydrogen) atoms. The van der Waals surface area contributed by atoms with Crippen LogP contribution < -0.4 is 0 Å². The molecule has 0 saturated carbocycles. The van der Waals surface area contributed by atoms with Crippen LogP contribution in [0.2, 0.25) is 0 Å². The number of pyridine rings is 1. The Labute approximate surface area is 116 Å². The molecule has 0 spiro atoms. The average Bonchev–Trinajstić information content (AvgIpc) is 2.53. The van der Waals surface area contributed by atoms with Crippen molar-refractivity contribution in [3.63, 3.8) is 0 Å². The van der Waals surface area contributed by atoms with E-state index in [0.29, 0.717) is 11.1 Å². The largest absolute Gasteiger partial charge is 0.465 e. The van der Waals surface area contributed by atoms with Crippen LogP contribution >= 0.6 is 0 Å². The maximum absolute atomic E-state index is 11.5. The van der Waals surface area contributed by atoms with E-state index in [-0.39, 0.29) is 0 Å². The van der Waals surface area contributed by atoms with Gasteiger partial charge in [0, 0.05) is 18.0 Å². The molecule has 102 valence electrons. The highest BCUT2D eigenvalue weighted by molar-refractivity contribution is 5.91. The minimum absolute atomic E-state index is 0.377. The lowest BCUT2D eigenvalue weighted by Gasteiger charge is -2.05. The lowest BCUT2D eigenvalue weighted by atomic mass is 10.0. The van der Waals surface area contributed by atoms with Gasteiger partial charge in [0.25, 0.3) is 0 Å². The van der Waals surface area contributed by atoms with Crippen molar-refractivity contribution in [1.82, 2.24) is 4.98 Å². The summed E-state index contributed by atoms with van der Waals surface area (Å²) < 4.78 is 9.29. The van der Waals surface area contributed by atoms with Gasteiger partial charge in [-0.05, 0) is 23.8 Å². The molecule has 0 radical (unpaired) electrons. The summed E-state index contributed by atoms with van der Waals surface area (Å²) in [5.41, 5.74) is 2.45. The van der Waals surface area contributed by atoms with Crippen molar-refractivity contribution in [2.75, 3.05) is 14.2 Å². The van der Waals surface area contributed by atoms with Crippen molar-refractivity contribution < 1.29 is 19.1 Å². The maximum Gasteiger partial charge on any atom is 0.339 e. The Morgan fingerprint density at radius 1 is 0.850 bits per heavy atom. The van der Waals surface area contributed by atoms with Crippen LogP contribution in [0.15, 0.2) is 42.7 Å². The number of hydrogen-bond donors (Lipinski definition) is 0. The fourth-order valence-corrected chi connectivity index (χ4v) is 1.74. The van der Waals surface area contributed by atoms with Gasteiger partial charge in [-0.1, -0.05) is 12.1 Å². The summed E-state index contributed by atoms with van der Waals surface area (Å²) in [6.45, 7) is 0. The Balaban J connectivity index is 2.32. The van der Waals surface area contributed by atoms with Gasteiger partial charge in [-0.2, -0.15) is 0 Å². The van der Waals surface area contributed by atoms with Crippen molar-refractivity contribution in [3.05, 3.63) is 53.9 Å². The number of methoxy groups -OCH3 is 2. The van der Waals surface area contributed by atoms with Gasteiger partial charge in [0.05, 0.1) is 25.3 Å². The summed E-state index contributed by atoms with van der Waals surface area (Å²) in [5, 5.41) is 0. The van der Waals surface area contributed by atoms with Crippen LogP contribution in [0.1, 0.15) is 20.7 Å². The second-order valence-electron chi connectivity index (χ2n) is 4.02. The summed E-state index contributed by atoms with van der Waals surface area (Å²) in [7, 11) is 2.65. The summed E-state index contributed by atoms with van der Waals surface area (Å²) in [4.78, 5) is 26.8. The molecule has 0 bridgehead atoms. The van der Waals surface area contributed by atoms with E-state index in [1.165, 1.54) is 20.4 Å². The van der Waals surface area contributed by atoms with E-state index in [0.717, 1.165) is 11.1 Å². The van der Waals surface area contributed by atoms with Gasteiger partial charge >= 0.3 is 11.9 Å². The van der Waals surface area contributed by atoms with Crippen LogP contribution in [-0.4, -0.2) is 31.1 Å². The molecule has 0 fully saturated rings. The van der Waals surface area contributed by atoms with Gasteiger partial charge in [-0.25, -0.2) is 9.59 Å². The molecular formula is C15H13NO4. The fraction of sp³-hybridized carbons (Fsp3) is 0.133. The van der Waals surface area contributed by atoms with E-state index < -0.39 is 11.9 Å². The zero-order chi connectivity index (χ0) is 14.5. The highest BCUT2D eigenvalue weighted by Gasteiger charge is 2.09. The molecule has 1 aromatic heterocycles. The predicted octanol–water partition coefficient (Wildman–Crippen LogP) is 2.32. The molecule has 5 heteroatoms. The molecule has 2 aromatic rings. The van der Waals surface area contributed by atoms with Gasteiger partial charge < -0.3 is 9.47 Å². The first kappa shape index (κ1) is 13.7. The predicted molar refractivity (Wildman–Crippen MR) is 72.4 cm³/mol. The smallest absolute Gasteiger partial charge is 0.339 e. The zero-order valence-electron chi connectivity index (χ0n) is 11.1. The van der Waals surface area contributed by atoms with Gasteiger partial charge in [0.15, 0.2) is 0 Å². The van der Waals surface area contributed by atoms with Gasteiger partial charge in [0.1, 0.15) is 0 Å². The third-order valence-electron chi connectivity index (χ3n) is 2.80. The van der Waals surface area contributed by atoms with Crippen LogP contribution in [-0.2, 0) is 9.47 Å². The number of carbonyl (C=O) groups excluding carboxylic acids is 2. The molecule has 0 N–H and O–H groups in total. The molecule has 1 aromatic carbocycles. The van der Waals surface area contributed by atoms with E-state index in [1.54, 1.807) is 36.5 Å².